The van der Waals surface area contributed by atoms with E-state index < -0.39 is 0 Å². The molecule has 0 radical (unpaired) electrons. The van der Waals surface area contributed by atoms with Crippen LogP contribution in [0.5, 0.6) is 11.5 Å². The van der Waals surface area contributed by atoms with E-state index in [0.29, 0.717) is 11.5 Å². The third-order valence-corrected chi connectivity index (χ3v) is 5.57. The summed E-state index contributed by atoms with van der Waals surface area (Å²) in [4.78, 5) is 0. The number of aromatic hydroxyl groups is 2. The normalized spacial score (nSPS) is 13.3. The van der Waals surface area contributed by atoms with E-state index in [1.165, 1.54) is 46.3 Å². The summed E-state index contributed by atoms with van der Waals surface area (Å²) in [5, 5.41) is 17.9. The number of phenolic OH excluding ortho intramolecular Hbond substituents is 2. The molecule has 0 amide bonds. The molecule has 2 aliphatic rings. The number of phenols is 2. The third kappa shape index (κ3) is 13.2. The maximum absolute atomic E-state index is 8.94. The van der Waals surface area contributed by atoms with E-state index in [9.17, 15) is 0 Å². The first kappa shape index (κ1) is 30.9. The van der Waals surface area contributed by atoms with Gasteiger partial charge in [0.05, 0.1) is 0 Å². The van der Waals surface area contributed by atoms with Gasteiger partial charge in [-0.3, -0.25) is 0 Å². The fourth-order valence-corrected chi connectivity index (χ4v) is 2.98. The molecule has 0 unspecified atom stereocenters. The van der Waals surface area contributed by atoms with E-state index in [2.05, 4.69) is 65.8 Å². The molecule has 33 heavy (non-hydrogen) atoms. The van der Waals surface area contributed by atoms with Gasteiger partial charge in [0, 0.05) is 26.2 Å². The number of allylic oxidation sites excluding steroid dienone is 8. The summed E-state index contributed by atoms with van der Waals surface area (Å²) in [6.07, 6.45) is 13.1. The molecule has 2 aromatic rings. The summed E-state index contributed by atoms with van der Waals surface area (Å²) in [5.41, 5.74) is 8.27. The minimum absolute atomic E-state index is 0. The zero-order valence-electron chi connectivity index (χ0n) is 21.2. The van der Waals surface area contributed by atoms with Crippen molar-refractivity contribution in [2.24, 2.45) is 0 Å². The van der Waals surface area contributed by atoms with Crippen molar-refractivity contribution in [1.29, 1.82) is 0 Å². The first-order valence-corrected chi connectivity index (χ1v) is 11.5. The van der Waals surface area contributed by atoms with Crippen molar-refractivity contribution < 1.29 is 36.4 Å². The van der Waals surface area contributed by atoms with Crippen LogP contribution in [0, 0.1) is 0 Å². The van der Waals surface area contributed by atoms with Crippen molar-refractivity contribution >= 4 is 0 Å². The van der Waals surface area contributed by atoms with Gasteiger partial charge in [-0.25, -0.2) is 0 Å². The zero-order valence-corrected chi connectivity index (χ0v) is 23.6. The van der Waals surface area contributed by atoms with Crippen LogP contribution in [0.2, 0.25) is 0 Å². The molecule has 0 saturated heterocycles. The second-order valence-electron chi connectivity index (χ2n) is 8.19. The number of rotatable bonds is 2. The molecule has 0 aliphatic heterocycles. The van der Waals surface area contributed by atoms with Gasteiger partial charge in [-0.05, 0) is 88.8 Å². The molecule has 0 aromatic heterocycles. The predicted molar refractivity (Wildman–Crippen MR) is 139 cm³/mol. The second-order valence-corrected chi connectivity index (χ2v) is 8.19. The molecule has 0 bridgehead atoms. The Hall–Kier alpha value is -2.12. The molecule has 2 N–H and O–H groups in total. The average molecular weight is 524 g/mol. The van der Waals surface area contributed by atoms with Crippen molar-refractivity contribution in [2.45, 2.75) is 67.2 Å². The molecular weight excluding hydrogens is 484 g/mol. The van der Waals surface area contributed by atoms with E-state index in [4.69, 9.17) is 10.2 Å². The molecule has 176 valence electrons. The van der Waals surface area contributed by atoms with Crippen molar-refractivity contribution in [3.8, 4) is 11.5 Å². The van der Waals surface area contributed by atoms with Crippen LogP contribution in [-0.2, 0) is 39.0 Å². The van der Waals surface area contributed by atoms with Gasteiger partial charge in [0.15, 0.2) is 0 Å². The monoisotopic (exact) mass is 522 g/mol. The smallest absolute Gasteiger partial charge is 0.115 e. The van der Waals surface area contributed by atoms with Crippen LogP contribution < -0.4 is 0 Å². The topological polar surface area (TPSA) is 40.5 Å². The van der Waals surface area contributed by atoms with Crippen molar-refractivity contribution in [3.63, 3.8) is 0 Å². The summed E-state index contributed by atoms with van der Waals surface area (Å²) >= 11 is 0. The molecule has 0 heterocycles. The third-order valence-electron chi connectivity index (χ3n) is 5.57. The van der Waals surface area contributed by atoms with Gasteiger partial charge >= 0.3 is 0 Å². The minimum atomic E-state index is 0. The predicted octanol–water partition coefficient (Wildman–Crippen LogP) is 8.47. The van der Waals surface area contributed by atoms with Gasteiger partial charge in [0.2, 0.25) is 0 Å². The molecule has 2 nitrogen and oxygen atoms in total. The largest absolute Gasteiger partial charge is 0.508 e. The van der Waals surface area contributed by atoms with Crippen LogP contribution in [-0.4, -0.2) is 10.2 Å². The van der Waals surface area contributed by atoms with Crippen molar-refractivity contribution in [2.75, 3.05) is 0 Å². The Morgan fingerprint density at radius 3 is 1.15 bits per heavy atom. The van der Waals surface area contributed by atoms with Gasteiger partial charge in [-0.2, -0.15) is 0 Å². The van der Waals surface area contributed by atoms with Gasteiger partial charge < -0.3 is 10.2 Å². The fourth-order valence-electron chi connectivity index (χ4n) is 2.98. The van der Waals surface area contributed by atoms with E-state index in [-0.39, 0.29) is 26.2 Å². The molecule has 4 rings (SSSR count). The molecule has 3 heteroatoms. The second kappa shape index (κ2) is 17.4. The zero-order chi connectivity index (χ0) is 23.9. The van der Waals surface area contributed by atoms with Crippen molar-refractivity contribution in [3.05, 3.63) is 106 Å². The summed E-state index contributed by atoms with van der Waals surface area (Å²) in [5.74, 6) is 0.712. The Morgan fingerprint density at radius 1 is 0.636 bits per heavy atom. The molecule has 2 aliphatic carbocycles. The molecule has 0 spiro atoms. The first-order valence-electron chi connectivity index (χ1n) is 11.5. The van der Waals surface area contributed by atoms with E-state index >= 15 is 0 Å². The minimum Gasteiger partial charge on any atom is -0.508 e. The summed E-state index contributed by atoms with van der Waals surface area (Å²) < 4.78 is 0. The number of benzene rings is 2. The van der Waals surface area contributed by atoms with Gasteiger partial charge in [-0.15, -0.1) is 0 Å². The average Bonchev–Trinajstić information content (AvgIpc) is 3.35. The quantitative estimate of drug-likeness (QED) is 0.414. The standard InChI is InChI=1S/2C8H10O.2C7H10.Zr/c2*1-2-7-4-3-5-8(9)6-7;2*1-6-4-3-5-7(6)2;/h2*3-6,9H,2H2,1H3;2*3-4H,5H2,1-2H3;. The molecule has 0 atom stereocenters. The van der Waals surface area contributed by atoms with Gasteiger partial charge in [-0.1, -0.05) is 84.7 Å². The Balaban J connectivity index is 0.000000412. The molecular formula is C30H40O2Zr. The van der Waals surface area contributed by atoms with E-state index in [1.807, 2.05) is 24.3 Å². The van der Waals surface area contributed by atoms with Gasteiger partial charge in [0.25, 0.3) is 0 Å². The number of hydrogen-bond acceptors (Lipinski definition) is 2. The maximum atomic E-state index is 8.94. The molecule has 2 aromatic carbocycles. The van der Waals surface area contributed by atoms with Crippen LogP contribution in [0.3, 0.4) is 0 Å². The summed E-state index contributed by atoms with van der Waals surface area (Å²) in [6, 6.07) is 14.6. The SMILES string of the molecule is CC1=C(C)CC=C1.CC1=C(C)CC=C1.CCc1cccc(O)c1.CCc1cccc(O)c1.[Zr]. The Morgan fingerprint density at radius 2 is 1.00 bits per heavy atom. The number of aryl methyl sites for hydroxylation is 2. The fraction of sp³-hybridized carbons (Fsp3) is 0.333. The Kier molecular flexibility index (Phi) is 16.3. The Bertz CT molecular complexity index is 885. The van der Waals surface area contributed by atoms with Crippen LogP contribution in [0.1, 0.15) is 65.5 Å². The van der Waals surface area contributed by atoms with Crippen LogP contribution in [0.25, 0.3) is 0 Å². The maximum Gasteiger partial charge on any atom is 0.115 e. The van der Waals surface area contributed by atoms with Crippen LogP contribution in [0.4, 0.5) is 0 Å². The number of hydrogen-bond donors (Lipinski definition) is 2. The molecule has 0 saturated carbocycles. The van der Waals surface area contributed by atoms with E-state index in [1.54, 1.807) is 24.3 Å². The molecule has 0 fully saturated rings. The van der Waals surface area contributed by atoms with Crippen LogP contribution >= 0.6 is 0 Å². The van der Waals surface area contributed by atoms with E-state index in [0.717, 1.165) is 12.8 Å². The first-order chi connectivity index (χ1) is 15.3. The summed E-state index contributed by atoms with van der Waals surface area (Å²) in [6.45, 7) is 12.8. The van der Waals surface area contributed by atoms with Gasteiger partial charge in [0.1, 0.15) is 11.5 Å². The summed E-state index contributed by atoms with van der Waals surface area (Å²) in [7, 11) is 0. The Labute approximate surface area is 220 Å². The van der Waals surface area contributed by atoms with Crippen LogP contribution in [0.15, 0.2) is 95.1 Å². The van der Waals surface area contributed by atoms with Crippen molar-refractivity contribution in [1.82, 2.24) is 0 Å².